The van der Waals surface area contributed by atoms with Gasteiger partial charge in [-0.05, 0) is 69.3 Å². The van der Waals surface area contributed by atoms with Crippen LogP contribution < -0.4 is 4.90 Å². The highest BCUT2D eigenvalue weighted by atomic mass is 15.1. The Morgan fingerprint density at radius 1 is 0.559 bits per heavy atom. The maximum absolute atomic E-state index is 4.45. The van der Waals surface area contributed by atoms with E-state index >= 15 is 0 Å². The van der Waals surface area contributed by atoms with Crippen LogP contribution in [0.4, 0.5) is 17.1 Å². The van der Waals surface area contributed by atoms with E-state index in [1.807, 2.05) is 12.4 Å². The molecule has 0 radical (unpaired) electrons. The van der Waals surface area contributed by atoms with Crippen molar-refractivity contribution in [3.05, 3.63) is 143 Å². The average Bonchev–Trinajstić information content (AvgIpc) is 3.14. The van der Waals surface area contributed by atoms with Crippen LogP contribution in [-0.4, -0.2) is 4.98 Å². The lowest BCUT2D eigenvalue weighted by atomic mass is 9.90. The molecule has 0 amide bonds. The quantitative estimate of drug-likeness (QED) is 0.273. The summed E-state index contributed by atoms with van der Waals surface area (Å²) >= 11 is 0. The summed E-state index contributed by atoms with van der Waals surface area (Å²) in [5.74, 6) is 0.208. The Hall–Kier alpha value is -4.43. The van der Waals surface area contributed by atoms with Crippen molar-refractivity contribution in [1.29, 1.82) is 0 Å². The largest absolute Gasteiger partial charge is 0.309 e. The number of pyridine rings is 1. The zero-order valence-electron chi connectivity index (χ0n) is 18.6. The van der Waals surface area contributed by atoms with Gasteiger partial charge in [0.1, 0.15) is 0 Å². The van der Waals surface area contributed by atoms with Gasteiger partial charge in [0.25, 0.3) is 0 Å². The van der Waals surface area contributed by atoms with Gasteiger partial charge in [-0.3, -0.25) is 4.98 Å². The van der Waals surface area contributed by atoms with E-state index in [4.69, 9.17) is 0 Å². The molecule has 1 unspecified atom stereocenters. The van der Waals surface area contributed by atoms with Crippen molar-refractivity contribution in [2.24, 2.45) is 0 Å². The SMILES string of the molecule is C1=Cc2ccccc2N(c2ccc(C3c4ccccc4-c4ccncc43)cc2)c2ccccc21. The summed E-state index contributed by atoms with van der Waals surface area (Å²) < 4.78 is 0. The maximum Gasteiger partial charge on any atom is 0.0534 e. The van der Waals surface area contributed by atoms with Crippen molar-refractivity contribution in [2.45, 2.75) is 5.92 Å². The smallest absolute Gasteiger partial charge is 0.0534 e. The first-order chi connectivity index (χ1) is 16.9. The highest BCUT2D eigenvalue weighted by Gasteiger charge is 2.30. The Morgan fingerprint density at radius 3 is 1.91 bits per heavy atom. The van der Waals surface area contributed by atoms with Crippen LogP contribution in [0.2, 0.25) is 0 Å². The molecule has 0 fully saturated rings. The molecule has 1 aromatic heterocycles. The fraction of sp³-hybridized carbons (Fsp3) is 0.0312. The number of benzene rings is 4. The molecular formula is C32H22N2. The van der Waals surface area contributed by atoms with Crippen molar-refractivity contribution < 1.29 is 0 Å². The maximum atomic E-state index is 4.45. The van der Waals surface area contributed by atoms with Crippen LogP contribution in [0.5, 0.6) is 0 Å². The van der Waals surface area contributed by atoms with Gasteiger partial charge in [-0.25, -0.2) is 0 Å². The number of aromatic nitrogens is 1. The van der Waals surface area contributed by atoms with Crippen molar-refractivity contribution >= 4 is 29.2 Å². The third-order valence-electron chi connectivity index (χ3n) is 7.01. The Balaban J connectivity index is 1.36. The summed E-state index contributed by atoms with van der Waals surface area (Å²) in [6, 6.07) is 37.1. The van der Waals surface area contributed by atoms with Crippen molar-refractivity contribution in [3.63, 3.8) is 0 Å². The standard InChI is InChI=1S/C32H22N2/c1-5-11-30-22(7-1)13-14-23-8-2-6-12-31(23)34(30)25-17-15-24(16-18-25)32-28-10-4-3-9-26(28)27-19-20-33-21-29(27)32/h1-21,32H. The minimum Gasteiger partial charge on any atom is -0.309 e. The number of para-hydroxylation sites is 2. The van der Waals surface area contributed by atoms with Crippen molar-refractivity contribution in [3.8, 4) is 11.1 Å². The lowest BCUT2D eigenvalue weighted by molar-refractivity contribution is 1.00. The molecule has 1 aliphatic heterocycles. The summed E-state index contributed by atoms with van der Waals surface area (Å²) in [6.45, 7) is 0. The second kappa shape index (κ2) is 7.57. The van der Waals surface area contributed by atoms with Gasteiger partial charge in [0.2, 0.25) is 0 Å². The monoisotopic (exact) mass is 434 g/mol. The van der Waals surface area contributed by atoms with E-state index in [1.54, 1.807) is 0 Å². The number of fused-ring (bicyclic) bond motifs is 5. The number of rotatable bonds is 2. The van der Waals surface area contributed by atoms with Gasteiger partial charge in [-0.2, -0.15) is 0 Å². The van der Waals surface area contributed by atoms with Crippen molar-refractivity contribution in [1.82, 2.24) is 4.98 Å². The molecule has 1 aliphatic carbocycles. The van der Waals surface area contributed by atoms with E-state index in [9.17, 15) is 0 Å². The van der Waals surface area contributed by atoms with Crippen LogP contribution in [0.25, 0.3) is 23.3 Å². The molecule has 1 atom stereocenters. The molecule has 2 heterocycles. The molecule has 0 spiro atoms. The molecule has 34 heavy (non-hydrogen) atoms. The van der Waals surface area contributed by atoms with Gasteiger partial charge < -0.3 is 4.90 Å². The summed E-state index contributed by atoms with van der Waals surface area (Å²) in [5.41, 5.74) is 12.5. The predicted octanol–water partition coefficient (Wildman–Crippen LogP) is 8.20. The molecule has 5 aromatic rings. The molecule has 160 valence electrons. The van der Waals surface area contributed by atoms with Crippen LogP contribution in [0, 0.1) is 0 Å². The summed E-state index contributed by atoms with van der Waals surface area (Å²) in [6.07, 6.45) is 8.34. The predicted molar refractivity (Wildman–Crippen MR) is 141 cm³/mol. The fourth-order valence-electron chi connectivity index (χ4n) is 5.47. The van der Waals surface area contributed by atoms with Gasteiger partial charge in [0, 0.05) is 24.0 Å². The molecule has 0 saturated heterocycles. The second-order valence-corrected chi connectivity index (χ2v) is 8.86. The molecule has 0 N–H and O–H groups in total. The molecule has 0 bridgehead atoms. The van der Waals surface area contributed by atoms with E-state index in [1.165, 1.54) is 50.3 Å². The van der Waals surface area contributed by atoms with Crippen LogP contribution in [0.15, 0.2) is 116 Å². The van der Waals surface area contributed by atoms with Crippen LogP contribution in [0.1, 0.15) is 33.7 Å². The Kier molecular flexibility index (Phi) is 4.25. The number of anilines is 3. The molecule has 4 aromatic carbocycles. The van der Waals surface area contributed by atoms with Crippen molar-refractivity contribution in [2.75, 3.05) is 4.90 Å². The summed E-state index contributed by atoms with van der Waals surface area (Å²) in [7, 11) is 0. The van der Waals surface area contributed by atoms with E-state index in [0.717, 1.165) is 5.69 Å². The van der Waals surface area contributed by atoms with E-state index in [2.05, 4.69) is 125 Å². The highest BCUT2D eigenvalue weighted by Crippen LogP contribution is 2.48. The number of nitrogens with zero attached hydrogens (tertiary/aromatic N) is 2. The van der Waals surface area contributed by atoms with Gasteiger partial charge in [0.05, 0.1) is 11.4 Å². The first-order valence-electron chi connectivity index (χ1n) is 11.7. The van der Waals surface area contributed by atoms with E-state index in [0.29, 0.717) is 0 Å². The summed E-state index contributed by atoms with van der Waals surface area (Å²) in [4.78, 5) is 6.82. The third-order valence-corrected chi connectivity index (χ3v) is 7.01. The molecule has 0 saturated carbocycles. The fourth-order valence-corrected chi connectivity index (χ4v) is 5.47. The minimum atomic E-state index is 0.208. The van der Waals surface area contributed by atoms with Gasteiger partial charge in [0.15, 0.2) is 0 Å². The van der Waals surface area contributed by atoms with Crippen LogP contribution >= 0.6 is 0 Å². The lowest BCUT2D eigenvalue weighted by Gasteiger charge is -2.27. The topological polar surface area (TPSA) is 16.1 Å². The molecular weight excluding hydrogens is 412 g/mol. The molecule has 7 rings (SSSR count). The average molecular weight is 435 g/mol. The van der Waals surface area contributed by atoms with Crippen LogP contribution in [0.3, 0.4) is 0 Å². The lowest BCUT2D eigenvalue weighted by Crippen LogP contribution is -2.11. The molecule has 2 nitrogen and oxygen atoms in total. The summed E-state index contributed by atoms with van der Waals surface area (Å²) in [5, 5.41) is 0. The first-order valence-corrected chi connectivity index (χ1v) is 11.7. The van der Waals surface area contributed by atoms with Crippen LogP contribution in [-0.2, 0) is 0 Å². The molecule has 2 heteroatoms. The Morgan fingerprint density at radius 2 is 1.18 bits per heavy atom. The number of hydrogen-bond donors (Lipinski definition) is 0. The number of hydrogen-bond acceptors (Lipinski definition) is 2. The minimum absolute atomic E-state index is 0.208. The third kappa shape index (κ3) is 2.85. The Labute approximate surface area is 199 Å². The zero-order valence-corrected chi connectivity index (χ0v) is 18.6. The highest BCUT2D eigenvalue weighted by molar-refractivity contribution is 5.93. The Bertz CT molecular complexity index is 1470. The molecule has 2 aliphatic rings. The van der Waals surface area contributed by atoms with Gasteiger partial charge in [-0.15, -0.1) is 0 Å². The van der Waals surface area contributed by atoms with Gasteiger partial charge in [-0.1, -0.05) is 84.9 Å². The van der Waals surface area contributed by atoms with E-state index in [-0.39, 0.29) is 5.92 Å². The normalized spacial score (nSPS) is 15.2. The van der Waals surface area contributed by atoms with E-state index < -0.39 is 0 Å². The zero-order chi connectivity index (χ0) is 22.5. The second-order valence-electron chi connectivity index (χ2n) is 8.86. The van der Waals surface area contributed by atoms with Gasteiger partial charge >= 0.3 is 0 Å². The first kappa shape index (κ1) is 19.1.